The van der Waals surface area contributed by atoms with Crippen molar-refractivity contribution in [3.63, 3.8) is 0 Å². The van der Waals surface area contributed by atoms with Crippen molar-refractivity contribution < 1.29 is 23.9 Å². The molecule has 0 unspecified atom stereocenters. The van der Waals surface area contributed by atoms with Crippen LogP contribution in [-0.4, -0.2) is 54.5 Å². The molecule has 2 atom stereocenters. The van der Waals surface area contributed by atoms with Crippen LogP contribution in [-0.2, 0) is 32.1 Å². The van der Waals surface area contributed by atoms with Crippen LogP contribution in [0.4, 0.5) is 4.79 Å². The Morgan fingerprint density at radius 3 is 2.18 bits per heavy atom. The Hall–Kier alpha value is -3.06. The van der Waals surface area contributed by atoms with Crippen LogP contribution in [0.3, 0.4) is 0 Å². The number of rotatable bonds is 12. The summed E-state index contributed by atoms with van der Waals surface area (Å²) in [6, 6.07) is 18.2. The van der Waals surface area contributed by atoms with Crippen LogP contribution in [0.1, 0.15) is 30.9 Å². The molecule has 1 N–H and O–H groups in total. The number of nitrogens with one attached hydrogen (secondary N) is 1. The van der Waals surface area contributed by atoms with Gasteiger partial charge in [0.1, 0.15) is 18.5 Å². The van der Waals surface area contributed by atoms with Gasteiger partial charge in [0.2, 0.25) is 5.91 Å². The van der Waals surface area contributed by atoms with Crippen molar-refractivity contribution in [2.75, 3.05) is 19.5 Å². The van der Waals surface area contributed by atoms with Gasteiger partial charge in [0.15, 0.2) is 0 Å². The molecule has 0 radical (unpaired) electrons. The van der Waals surface area contributed by atoms with Crippen LogP contribution < -0.4 is 5.32 Å². The maximum Gasteiger partial charge on any atom is 0.408 e. The zero-order valence-corrected chi connectivity index (χ0v) is 19.8. The number of carbonyl (C=O) groups excluding carboxylic acids is 3. The van der Waals surface area contributed by atoms with Gasteiger partial charge in [-0.05, 0) is 37.3 Å². The normalized spacial score (nSPS) is 12.3. The second-order valence-electron chi connectivity index (χ2n) is 7.68. The Morgan fingerprint density at radius 1 is 1.00 bits per heavy atom. The molecule has 0 heterocycles. The number of ether oxygens (including phenoxy) is 2. The minimum absolute atomic E-state index is 0.0703. The molecule has 33 heavy (non-hydrogen) atoms. The number of alkyl carbamates (subject to hydrolysis) is 1. The van der Waals surface area contributed by atoms with Crippen molar-refractivity contribution >= 4 is 29.6 Å². The Balaban J connectivity index is 1.90. The number of halogens is 1. The summed E-state index contributed by atoms with van der Waals surface area (Å²) in [6.45, 7) is 2.46. The minimum Gasteiger partial charge on any atom is -0.467 e. The number of benzene rings is 2. The maximum absolute atomic E-state index is 12.4. The number of hydrogen-bond acceptors (Lipinski definition) is 5. The molecule has 8 heteroatoms. The number of amides is 2. The molecule has 2 aromatic rings. The fraction of sp³-hybridized carbons (Fsp3) is 0.400. The predicted octanol–water partition coefficient (Wildman–Crippen LogP) is 3.93. The predicted molar refractivity (Wildman–Crippen MR) is 127 cm³/mol. The number of hydrogen-bond donors (Lipinski definition) is 1. The Morgan fingerprint density at radius 2 is 1.61 bits per heavy atom. The number of alkyl halides is 1. The highest BCUT2D eigenvalue weighted by Crippen LogP contribution is 2.12. The highest BCUT2D eigenvalue weighted by atomic mass is 35.5. The van der Waals surface area contributed by atoms with Gasteiger partial charge < -0.3 is 19.7 Å². The molecule has 7 nitrogen and oxygen atoms in total. The average Bonchev–Trinajstić information content (AvgIpc) is 2.84. The second kappa shape index (κ2) is 14.2. The summed E-state index contributed by atoms with van der Waals surface area (Å²) in [4.78, 5) is 38.5. The molecule has 0 spiro atoms. The zero-order valence-electron chi connectivity index (χ0n) is 19.0. The number of methoxy groups -OCH3 is 1. The quantitative estimate of drug-likeness (QED) is 0.372. The van der Waals surface area contributed by atoms with Crippen molar-refractivity contribution in [1.82, 2.24) is 10.2 Å². The van der Waals surface area contributed by atoms with Gasteiger partial charge >= 0.3 is 12.1 Å². The van der Waals surface area contributed by atoms with Gasteiger partial charge in [0.05, 0.1) is 7.11 Å². The van der Waals surface area contributed by atoms with Crippen molar-refractivity contribution in [3.8, 4) is 0 Å². The van der Waals surface area contributed by atoms with Gasteiger partial charge in [-0.25, -0.2) is 9.59 Å². The molecule has 178 valence electrons. The summed E-state index contributed by atoms with van der Waals surface area (Å²) < 4.78 is 10.0. The summed E-state index contributed by atoms with van der Waals surface area (Å²) in [6.07, 6.45) is 0.742. The molecule has 0 aliphatic rings. The third-order valence-corrected chi connectivity index (χ3v) is 5.45. The smallest absolute Gasteiger partial charge is 0.408 e. The summed E-state index contributed by atoms with van der Waals surface area (Å²) in [5.41, 5.74) is 1.96. The van der Waals surface area contributed by atoms with Gasteiger partial charge in [0, 0.05) is 12.6 Å². The molecule has 2 amide bonds. The molecule has 0 aliphatic heterocycles. The first kappa shape index (κ1) is 26.2. The molecule has 0 fully saturated rings. The molecule has 2 aromatic carbocycles. The number of esters is 1. The van der Waals surface area contributed by atoms with E-state index in [0.717, 1.165) is 11.1 Å². The van der Waals surface area contributed by atoms with Crippen molar-refractivity contribution in [2.24, 2.45) is 0 Å². The summed E-state index contributed by atoms with van der Waals surface area (Å²) >= 11 is 5.82. The topological polar surface area (TPSA) is 84.9 Å². The van der Waals surface area contributed by atoms with E-state index in [1.807, 2.05) is 67.6 Å². The summed E-state index contributed by atoms with van der Waals surface area (Å²) in [5.74, 6) is -0.868. The van der Waals surface area contributed by atoms with E-state index in [2.05, 4.69) is 5.32 Å². The summed E-state index contributed by atoms with van der Waals surface area (Å²) in [5, 5.41) is 2.56. The molecular weight excluding hydrogens is 444 g/mol. The number of nitrogens with zero attached hydrogens (tertiary/aromatic N) is 1. The molecule has 0 aliphatic carbocycles. The van der Waals surface area contributed by atoms with Crippen LogP contribution in [0.15, 0.2) is 60.7 Å². The van der Waals surface area contributed by atoms with E-state index in [0.29, 0.717) is 19.4 Å². The second-order valence-corrected chi connectivity index (χ2v) is 7.95. The lowest BCUT2D eigenvalue weighted by molar-refractivity contribution is -0.143. The monoisotopic (exact) mass is 474 g/mol. The van der Waals surface area contributed by atoms with Crippen molar-refractivity contribution in [3.05, 3.63) is 71.8 Å². The number of carbonyl (C=O) groups is 3. The zero-order chi connectivity index (χ0) is 24.1. The third kappa shape index (κ3) is 9.14. The lowest BCUT2D eigenvalue weighted by atomic mass is 10.0. The van der Waals surface area contributed by atoms with Crippen LogP contribution in [0.2, 0.25) is 0 Å². The van der Waals surface area contributed by atoms with E-state index in [4.69, 9.17) is 21.1 Å². The van der Waals surface area contributed by atoms with E-state index in [9.17, 15) is 14.4 Å². The molecular formula is C25H31ClN2O5. The van der Waals surface area contributed by atoms with Crippen LogP contribution in [0.5, 0.6) is 0 Å². The molecule has 0 saturated carbocycles. The summed E-state index contributed by atoms with van der Waals surface area (Å²) in [7, 11) is 1.26. The van der Waals surface area contributed by atoms with E-state index < -0.39 is 18.1 Å². The minimum atomic E-state index is -0.879. The lowest BCUT2D eigenvalue weighted by Gasteiger charge is -2.29. The van der Waals surface area contributed by atoms with Crippen LogP contribution in [0.25, 0.3) is 0 Å². The van der Waals surface area contributed by atoms with Gasteiger partial charge in [-0.3, -0.25) is 4.79 Å². The van der Waals surface area contributed by atoms with Gasteiger partial charge in [0.25, 0.3) is 0 Å². The maximum atomic E-state index is 12.4. The largest absolute Gasteiger partial charge is 0.467 e. The first-order valence-corrected chi connectivity index (χ1v) is 11.4. The average molecular weight is 475 g/mol. The van der Waals surface area contributed by atoms with E-state index in [1.165, 1.54) is 7.11 Å². The molecule has 0 saturated heterocycles. The molecule has 0 aromatic heterocycles. The van der Waals surface area contributed by atoms with Crippen LogP contribution >= 0.6 is 11.6 Å². The van der Waals surface area contributed by atoms with Crippen molar-refractivity contribution in [2.45, 2.75) is 44.9 Å². The van der Waals surface area contributed by atoms with E-state index in [1.54, 1.807) is 4.90 Å². The van der Waals surface area contributed by atoms with Crippen LogP contribution in [0, 0.1) is 0 Å². The molecule has 0 bridgehead atoms. The van der Waals surface area contributed by atoms with Gasteiger partial charge in [-0.2, -0.15) is 0 Å². The fourth-order valence-electron chi connectivity index (χ4n) is 3.50. The first-order chi connectivity index (χ1) is 15.9. The fourth-order valence-corrected chi connectivity index (χ4v) is 3.65. The van der Waals surface area contributed by atoms with E-state index in [-0.39, 0.29) is 30.9 Å². The van der Waals surface area contributed by atoms with Gasteiger partial charge in [-0.1, -0.05) is 60.7 Å². The Bertz CT molecular complexity index is 879. The van der Waals surface area contributed by atoms with Crippen molar-refractivity contribution in [1.29, 1.82) is 0 Å². The lowest BCUT2D eigenvalue weighted by Crippen LogP contribution is -2.44. The third-order valence-electron chi connectivity index (χ3n) is 5.22. The molecule has 2 rings (SSSR count). The Labute approximate surface area is 200 Å². The highest BCUT2D eigenvalue weighted by molar-refractivity contribution is 6.27. The Kier molecular flexibility index (Phi) is 11.2. The van der Waals surface area contributed by atoms with Gasteiger partial charge in [-0.15, -0.1) is 11.6 Å². The highest BCUT2D eigenvalue weighted by Gasteiger charge is 2.24. The SMILES string of the molecule is COC(=O)[C@H](CCCN(C(=O)CCl)[C@H](C)Cc1ccccc1)NC(=O)OCc1ccccc1. The standard InChI is InChI=1S/C25H31ClN2O5/c1-19(16-20-10-5-3-6-11-20)28(23(29)17-26)15-9-14-22(24(30)32-2)27-25(31)33-18-21-12-7-4-8-13-21/h3-8,10-13,19,22H,9,14-18H2,1-2H3,(H,27,31)/t19-,22+/m1/s1. The van der Waals surface area contributed by atoms with E-state index >= 15 is 0 Å². The first-order valence-electron chi connectivity index (χ1n) is 10.9.